The third-order valence-corrected chi connectivity index (χ3v) is 3.59. The van der Waals surface area contributed by atoms with E-state index in [-0.39, 0.29) is 11.9 Å². The average molecular weight is 299 g/mol. The Morgan fingerprint density at radius 1 is 1.36 bits per heavy atom. The number of carbonyl (C=O) groups is 1. The van der Waals surface area contributed by atoms with Crippen LogP contribution >= 0.6 is 0 Å². The van der Waals surface area contributed by atoms with Gasteiger partial charge in [0.25, 0.3) is 11.8 Å². The van der Waals surface area contributed by atoms with Gasteiger partial charge in [-0.05, 0) is 18.6 Å². The lowest BCUT2D eigenvalue weighted by Crippen LogP contribution is -2.37. The zero-order valence-electron chi connectivity index (χ0n) is 12.3. The summed E-state index contributed by atoms with van der Waals surface area (Å²) in [6, 6.07) is 3.57. The van der Waals surface area contributed by atoms with Crippen molar-refractivity contribution in [2.45, 2.75) is 12.5 Å². The summed E-state index contributed by atoms with van der Waals surface area (Å²) in [4.78, 5) is 26.6. The van der Waals surface area contributed by atoms with Crippen LogP contribution in [0.5, 0.6) is 5.88 Å². The molecule has 0 saturated carbocycles. The molecule has 1 fully saturated rings. The van der Waals surface area contributed by atoms with Crippen LogP contribution in [0, 0.1) is 0 Å². The van der Waals surface area contributed by atoms with Crippen molar-refractivity contribution in [3.05, 3.63) is 42.5 Å². The van der Waals surface area contributed by atoms with Gasteiger partial charge in [0, 0.05) is 43.9 Å². The number of nitrogens with zero attached hydrogens (tertiary/aromatic N) is 4. The third-order valence-electron chi connectivity index (χ3n) is 3.59. The summed E-state index contributed by atoms with van der Waals surface area (Å²) in [5, 5.41) is 3.02. The van der Waals surface area contributed by atoms with Crippen LogP contribution in [0.4, 0.5) is 5.82 Å². The molecular formula is C15H17N5O2. The van der Waals surface area contributed by atoms with E-state index in [9.17, 15) is 4.79 Å². The molecule has 3 rings (SSSR count). The van der Waals surface area contributed by atoms with E-state index in [0.29, 0.717) is 23.8 Å². The second kappa shape index (κ2) is 6.38. The largest absolute Gasteiger partial charge is 0.478 e. The number of rotatable bonds is 4. The predicted octanol–water partition coefficient (Wildman–Crippen LogP) is 0.889. The fourth-order valence-corrected chi connectivity index (χ4v) is 2.52. The van der Waals surface area contributed by atoms with Crippen LogP contribution in [0.2, 0.25) is 0 Å². The van der Waals surface area contributed by atoms with Gasteiger partial charge in [0.05, 0.1) is 12.7 Å². The number of anilines is 1. The Balaban J connectivity index is 1.64. The first kappa shape index (κ1) is 14.2. The number of nitrogens with one attached hydrogen (secondary N) is 1. The molecule has 3 heterocycles. The van der Waals surface area contributed by atoms with E-state index in [1.165, 1.54) is 0 Å². The second-order valence-electron chi connectivity index (χ2n) is 5.04. The molecule has 7 nitrogen and oxygen atoms in total. The summed E-state index contributed by atoms with van der Waals surface area (Å²) >= 11 is 0. The molecule has 1 aliphatic heterocycles. The van der Waals surface area contributed by atoms with E-state index < -0.39 is 0 Å². The first-order valence-electron chi connectivity index (χ1n) is 7.09. The smallest absolute Gasteiger partial charge is 0.257 e. The van der Waals surface area contributed by atoms with E-state index in [2.05, 4.69) is 25.2 Å². The van der Waals surface area contributed by atoms with Crippen LogP contribution in [-0.4, -0.2) is 47.1 Å². The minimum absolute atomic E-state index is 0.0689. The van der Waals surface area contributed by atoms with E-state index in [0.717, 1.165) is 13.0 Å². The highest BCUT2D eigenvalue weighted by atomic mass is 16.5. The Bertz CT molecular complexity index is 649. The van der Waals surface area contributed by atoms with E-state index >= 15 is 0 Å². The highest BCUT2D eigenvalue weighted by Gasteiger charge is 2.27. The van der Waals surface area contributed by atoms with Crippen molar-refractivity contribution in [1.82, 2.24) is 20.3 Å². The Morgan fingerprint density at radius 2 is 2.23 bits per heavy atom. The molecule has 0 radical (unpaired) electrons. The van der Waals surface area contributed by atoms with Crippen molar-refractivity contribution in [1.29, 1.82) is 0 Å². The van der Waals surface area contributed by atoms with Gasteiger partial charge in [0.15, 0.2) is 5.82 Å². The Morgan fingerprint density at radius 3 is 3.00 bits per heavy atom. The number of pyridine rings is 1. The predicted molar refractivity (Wildman–Crippen MR) is 80.9 cm³/mol. The molecule has 114 valence electrons. The molecule has 1 saturated heterocycles. The first-order valence-corrected chi connectivity index (χ1v) is 7.09. The lowest BCUT2D eigenvalue weighted by molar-refractivity contribution is 0.0940. The normalized spacial score (nSPS) is 17.3. The van der Waals surface area contributed by atoms with E-state index in [4.69, 9.17) is 4.74 Å². The maximum absolute atomic E-state index is 12.1. The van der Waals surface area contributed by atoms with Crippen molar-refractivity contribution in [2.75, 3.05) is 25.1 Å². The monoisotopic (exact) mass is 299 g/mol. The first-order chi connectivity index (χ1) is 10.8. The minimum Gasteiger partial charge on any atom is -0.478 e. The summed E-state index contributed by atoms with van der Waals surface area (Å²) in [7, 11) is 1.57. The molecule has 1 N–H and O–H groups in total. The molecule has 1 atom stereocenters. The lowest BCUT2D eigenvalue weighted by Gasteiger charge is -2.19. The maximum Gasteiger partial charge on any atom is 0.257 e. The number of amides is 1. The zero-order valence-corrected chi connectivity index (χ0v) is 12.3. The van der Waals surface area contributed by atoms with E-state index in [1.54, 1.807) is 44.0 Å². The second-order valence-corrected chi connectivity index (χ2v) is 5.04. The summed E-state index contributed by atoms with van der Waals surface area (Å²) in [6.07, 6.45) is 7.30. The molecule has 0 spiro atoms. The molecular weight excluding hydrogens is 282 g/mol. The molecule has 2 aromatic rings. The van der Waals surface area contributed by atoms with Gasteiger partial charge in [0.2, 0.25) is 0 Å². The zero-order chi connectivity index (χ0) is 15.4. The van der Waals surface area contributed by atoms with Crippen molar-refractivity contribution < 1.29 is 9.53 Å². The highest BCUT2D eigenvalue weighted by Crippen LogP contribution is 2.25. The number of carbonyl (C=O) groups excluding carboxylic acids is 1. The standard InChI is InChI=1S/C15H17N5O2/c1-22-15-13(17-6-7-18-15)20-8-4-12(10-20)19-14(21)11-3-2-5-16-9-11/h2-3,5-7,9,12H,4,8,10H2,1H3,(H,19,21). The lowest BCUT2D eigenvalue weighted by atomic mass is 10.2. The van der Waals surface area contributed by atoms with Gasteiger partial charge in [-0.15, -0.1) is 0 Å². The number of hydrogen-bond acceptors (Lipinski definition) is 6. The molecule has 1 amide bonds. The quantitative estimate of drug-likeness (QED) is 0.903. The minimum atomic E-state index is -0.105. The maximum atomic E-state index is 12.1. The number of aromatic nitrogens is 3. The summed E-state index contributed by atoms with van der Waals surface area (Å²) in [5.41, 5.74) is 0.568. The Hall–Kier alpha value is -2.70. The van der Waals surface area contributed by atoms with Gasteiger partial charge < -0.3 is 15.0 Å². The molecule has 1 aliphatic rings. The van der Waals surface area contributed by atoms with Gasteiger partial charge >= 0.3 is 0 Å². The molecule has 7 heteroatoms. The van der Waals surface area contributed by atoms with Crippen molar-refractivity contribution in [3.8, 4) is 5.88 Å². The summed E-state index contributed by atoms with van der Waals surface area (Å²) in [6.45, 7) is 1.48. The van der Waals surface area contributed by atoms with Gasteiger partial charge in [-0.25, -0.2) is 9.97 Å². The molecule has 22 heavy (non-hydrogen) atoms. The number of hydrogen-bond donors (Lipinski definition) is 1. The summed E-state index contributed by atoms with van der Waals surface area (Å²) in [5.74, 6) is 1.11. The number of ether oxygens (including phenoxy) is 1. The highest BCUT2D eigenvalue weighted by molar-refractivity contribution is 5.94. The van der Waals surface area contributed by atoms with Gasteiger partial charge in [-0.1, -0.05) is 0 Å². The van der Waals surface area contributed by atoms with Crippen LogP contribution < -0.4 is 15.0 Å². The van der Waals surface area contributed by atoms with Crippen LogP contribution in [0.15, 0.2) is 36.9 Å². The Labute approximate surface area is 128 Å². The van der Waals surface area contributed by atoms with Gasteiger partial charge in [-0.2, -0.15) is 0 Å². The molecule has 2 aromatic heterocycles. The van der Waals surface area contributed by atoms with Crippen LogP contribution in [0.25, 0.3) is 0 Å². The van der Waals surface area contributed by atoms with Crippen molar-refractivity contribution in [3.63, 3.8) is 0 Å². The molecule has 1 unspecified atom stereocenters. The summed E-state index contributed by atoms with van der Waals surface area (Å²) < 4.78 is 5.23. The fraction of sp³-hybridized carbons (Fsp3) is 0.333. The van der Waals surface area contributed by atoms with Crippen LogP contribution in [0.3, 0.4) is 0 Å². The fourth-order valence-electron chi connectivity index (χ4n) is 2.52. The van der Waals surface area contributed by atoms with Crippen LogP contribution in [0.1, 0.15) is 16.8 Å². The molecule has 0 aromatic carbocycles. The number of methoxy groups -OCH3 is 1. The van der Waals surface area contributed by atoms with Gasteiger partial charge in [0.1, 0.15) is 0 Å². The molecule has 0 aliphatic carbocycles. The SMILES string of the molecule is COc1nccnc1N1CCC(NC(=O)c2cccnc2)C1. The topological polar surface area (TPSA) is 80.2 Å². The third kappa shape index (κ3) is 2.98. The van der Waals surface area contributed by atoms with Gasteiger partial charge in [-0.3, -0.25) is 9.78 Å². The average Bonchev–Trinajstić information content (AvgIpc) is 3.04. The molecule has 0 bridgehead atoms. The Kier molecular flexibility index (Phi) is 4.13. The van der Waals surface area contributed by atoms with Crippen LogP contribution in [-0.2, 0) is 0 Å². The van der Waals surface area contributed by atoms with E-state index in [1.807, 2.05) is 0 Å². The van der Waals surface area contributed by atoms with Crippen molar-refractivity contribution in [2.24, 2.45) is 0 Å². The van der Waals surface area contributed by atoms with Crippen molar-refractivity contribution >= 4 is 11.7 Å².